The van der Waals surface area contributed by atoms with Crippen LogP contribution < -0.4 is 5.32 Å². The molecule has 1 atom stereocenters. The minimum atomic E-state index is -0.193. The van der Waals surface area contributed by atoms with Gasteiger partial charge in [0, 0.05) is 3.57 Å². The Morgan fingerprint density at radius 2 is 1.85 bits per heavy atom. The van der Waals surface area contributed by atoms with E-state index in [2.05, 4.69) is 60.0 Å². The Morgan fingerprint density at radius 1 is 1.15 bits per heavy atom. The van der Waals surface area contributed by atoms with Crippen LogP contribution in [0.3, 0.4) is 0 Å². The summed E-state index contributed by atoms with van der Waals surface area (Å²) in [5, 5.41) is 3.56. The topological polar surface area (TPSA) is 12.0 Å². The minimum Gasteiger partial charge on any atom is -0.306 e. The highest BCUT2D eigenvalue weighted by Gasteiger charge is 2.16. The fraction of sp³-hybridized carbons (Fsp3) is 0.294. The maximum absolute atomic E-state index is 13.1. The summed E-state index contributed by atoms with van der Waals surface area (Å²) in [5.41, 5.74) is 3.63. The van der Waals surface area contributed by atoms with Gasteiger partial charge in [0.15, 0.2) is 0 Å². The maximum atomic E-state index is 13.1. The van der Waals surface area contributed by atoms with E-state index in [1.165, 1.54) is 26.8 Å². The molecule has 0 saturated heterocycles. The zero-order valence-corrected chi connectivity index (χ0v) is 13.9. The second-order valence-corrected chi connectivity index (χ2v) is 6.00. The van der Waals surface area contributed by atoms with E-state index >= 15 is 0 Å². The molecule has 0 fully saturated rings. The molecule has 0 aromatic heterocycles. The van der Waals surface area contributed by atoms with Gasteiger partial charge in [-0.2, -0.15) is 0 Å². The van der Waals surface area contributed by atoms with Crippen LogP contribution in [0.4, 0.5) is 4.39 Å². The molecule has 0 spiro atoms. The zero-order chi connectivity index (χ0) is 14.5. The predicted octanol–water partition coefficient (Wildman–Crippen LogP) is 4.83. The molecule has 20 heavy (non-hydrogen) atoms. The lowest BCUT2D eigenvalue weighted by Crippen LogP contribution is -2.24. The number of benzene rings is 2. The number of halogens is 2. The third-order valence-corrected chi connectivity index (χ3v) is 4.81. The van der Waals surface area contributed by atoms with Crippen LogP contribution in [0.15, 0.2) is 42.5 Å². The van der Waals surface area contributed by atoms with Gasteiger partial charge in [0.25, 0.3) is 0 Å². The van der Waals surface area contributed by atoms with Crippen molar-refractivity contribution in [2.24, 2.45) is 0 Å². The molecular formula is C17H19FIN. The number of hydrogen-bond donors (Lipinski definition) is 1. The van der Waals surface area contributed by atoms with Crippen molar-refractivity contribution in [2.75, 3.05) is 6.54 Å². The van der Waals surface area contributed by atoms with Crippen molar-refractivity contribution in [3.63, 3.8) is 0 Å². The molecule has 0 saturated carbocycles. The van der Waals surface area contributed by atoms with E-state index in [1.54, 1.807) is 0 Å². The van der Waals surface area contributed by atoms with E-state index < -0.39 is 0 Å². The monoisotopic (exact) mass is 383 g/mol. The fourth-order valence-electron chi connectivity index (χ4n) is 2.24. The molecule has 0 aliphatic carbocycles. The molecule has 1 unspecified atom stereocenters. The van der Waals surface area contributed by atoms with E-state index in [0.717, 1.165) is 18.5 Å². The third kappa shape index (κ3) is 3.58. The average Bonchev–Trinajstić information content (AvgIpc) is 2.45. The molecule has 0 radical (unpaired) electrons. The summed E-state index contributed by atoms with van der Waals surface area (Å²) in [5.74, 6) is -0.193. The van der Waals surface area contributed by atoms with Gasteiger partial charge in [0.05, 0.1) is 6.04 Å². The lowest BCUT2D eigenvalue weighted by atomic mass is 9.97. The molecule has 1 nitrogen and oxygen atoms in total. The molecule has 2 rings (SSSR count). The van der Waals surface area contributed by atoms with E-state index in [-0.39, 0.29) is 11.9 Å². The first kappa shape index (κ1) is 15.4. The number of rotatable bonds is 5. The predicted molar refractivity (Wildman–Crippen MR) is 90.4 cm³/mol. The van der Waals surface area contributed by atoms with Gasteiger partial charge in [0.1, 0.15) is 5.82 Å². The van der Waals surface area contributed by atoms with Crippen molar-refractivity contribution in [1.82, 2.24) is 5.32 Å². The molecule has 0 heterocycles. The minimum absolute atomic E-state index is 0.113. The van der Waals surface area contributed by atoms with Crippen molar-refractivity contribution in [3.8, 4) is 0 Å². The Labute approximate surface area is 133 Å². The lowest BCUT2D eigenvalue weighted by molar-refractivity contribution is 0.591. The van der Waals surface area contributed by atoms with Crippen LogP contribution in [-0.4, -0.2) is 6.54 Å². The summed E-state index contributed by atoms with van der Waals surface area (Å²) < 4.78 is 14.4. The van der Waals surface area contributed by atoms with Crippen LogP contribution in [0.25, 0.3) is 0 Å². The maximum Gasteiger partial charge on any atom is 0.123 e. The Balaban J connectivity index is 2.41. The van der Waals surface area contributed by atoms with Crippen molar-refractivity contribution in [3.05, 3.63) is 68.5 Å². The summed E-state index contributed by atoms with van der Waals surface area (Å²) in [6, 6.07) is 13.2. The van der Waals surface area contributed by atoms with E-state index in [4.69, 9.17) is 0 Å². The van der Waals surface area contributed by atoms with Gasteiger partial charge in [-0.15, -0.1) is 0 Å². The van der Waals surface area contributed by atoms with Crippen LogP contribution in [0.5, 0.6) is 0 Å². The van der Waals surface area contributed by atoms with Crippen LogP contribution in [0, 0.1) is 16.3 Å². The molecule has 2 aromatic carbocycles. The Morgan fingerprint density at radius 3 is 2.50 bits per heavy atom. The summed E-state index contributed by atoms with van der Waals surface area (Å²) in [6.45, 7) is 5.20. The molecule has 1 N–H and O–H groups in total. The van der Waals surface area contributed by atoms with Crippen molar-refractivity contribution < 1.29 is 4.39 Å². The molecule has 0 aliphatic rings. The van der Waals surface area contributed by atoms with Gasteiger partial charge in [-0.1, -0.05) is 37.3 Å². The summed E-state index contributed by atoms with van der Waals surface area (Å²) >= 11 is 2.39. The van der Waals surface area contributed by atoms with Crippen LogP contribution in [0.2, 0.25) is 0 Å². The van der Waals surface area contributed by atoms with Gasteiger partial charge < -0.3 is 5.32 Å². The van der Waals surface area contributed by atoms with Gasteiger partial charge in [-0.3, -0.25) is 0 Å². The Bertz CT molecular complexity index is 566. The molecule has 0 aliphatic heterocycles. The first-order valence-corrected chi connectivity index (χ1v) is 7.95. The van der Waals surface area contributed by atoms with Crippen LogP contribution in [0.1, 0.15) is 36.1 Å². The molecule has 0 bridgehead atoms. The summed E-state index contributed by atoms with van der Waals surface area (Å²) in [7, 11) is 0. The zero-order valence-electron chi connectivity index (χ0n) is 11.8. The summed E-state index contributed by atoms with van der Waals surface area (Å²) in [4.78, 5) is 0. The highest BCUT2D eigenvalue weighted by atomic mass is 127. The lowest BCUT2D eigenvalue weighted by Gasteiger charge is -2.21. The number of nitrogens with one attached hydrogen (secondary N) is 1. The molecule has 106 valence electrons. The van der Waals surface area contributed by atoms with Gasteiger partial charge in [-0.25, -0.2) is 4.39 Å². The van der Waals surface area contributed by atoms with E-state index in [0.29, 0.717) is 0 Å². The first-order chi connectivity index (χ1) is 9.63. The van der Waals surface area contributed by atoms with Crippen LogP contribution >= 0.6 is 22.6 Å². The molecule has 3 heteroatoms. The van der Waals surface area contributed by atoms with Gasteiger partial charge in [-0.05, 0) is 71.3 Å². The van der Waals surface area contributed by atoms with Crippen molar-refractivity contribution >= 4 is 22.6 Å². The van der Waals surface area contributed by atoms with Crippen LogP contribution in [-0.2, 0) is 0 Å². The van der Waals surface area contributed by atoms with Gasteiger partial charge in [0.2, 0.25) is 0 Å². The normalized spacial score (nSPS) is 12.4. The second kappa shape index (κ2) is 7.18. The Kier molecular flexibility index (Phi) is 5.54. The SMILES string of the molecule is CCCNC(c1ccc(F)cc1)c1cccc(C)c1I. The molecule has 2 aromatic rings. The van der Waals surface area contributed by atoms with Crippen molar-refractivity contribution in [1.29, 1.82) is 0 Å². The second-order valence-electron chi connectivity index (χ2n) is 4.92. The quantitative estimate of drug-likeness (QED) is 0.730. The Hall–Kier alpha value is -0.940. The van der Waals surface area contributed by atoms with E-state index in [9.17, 15) is 4.39 Å². The average molecular weight is 383 g/mol. The van der Waals surface area contributed by atoms with E-state index in [1.807, 2.05) is 12.1 Å². The largest absolute Gasteiger partial charge is 0.306 e. The molecular weight excluding hydrogens is 364 g/mol. The van der Waals surface area contributed by atoms with Gasteiger partial charge >= 0.3 is 0 Å². The van der Waals surface area contributed by atoms with Crippen molar-refractivity contribution in [2.45, 2.75) is 26.3 Å². The third-order valence-electron chi connectivity index (χ3n) is 3.33. The first-order valence-electron chi connectivity index (χ1n) is 6.87. The smallest absolute Gasteiger partial charge is 0.123 e. The highest BCUT2D eigenvalue weighted by Crippen LogP contribution is 2.28. The summed E-state index contributed by atoms with van der Waals surface area (Å²) in [6.07, 6.45) is 1.07. The standard InChI is InChI=1S/C17H19FIN/c1-3-11-20-17(13-7-9-14(18)10-8-13)15-6-4-5-12(2)16(15)19/h4-10,17,20H,3,11H2,1-2H3. The number of hydrogen-bond acceptors (Lipinski definition) is 1. The molecule has 0 amide bonds. The fourth-order valence-corrected chi connectivity index (χ4v) is 2.92. The number of aryl methyl sites for hydroxylation is 1. The highest BCUT2D eigenvalue weighted by molar-refractivity contribution is 14.1.